The highest BCUT2D eigenvalue weighted by molar-refractivity contribution is 5.14. The first kappa shape index (κ1) is 14.3. The molecule has 0 aromatic heterocycles. The van der Waals surface area contributed by atoms with Crippen molar-refractivity contribution in [1.29, 1.82) is 0 Å². The predicted octanol–water partition coefficient (Wildman–Crippen LogP) is 2.87. The van der Waals surface area contributed by atoms with Crippen LogP contribution in [-0.2, 0) is 16.0 Å². The third-order valence-electron chi connectivity index (χ3n) is 3.31. The summed E-state index contributed by atoms with van der Waals surface area (Å²) in [5.74, 6) is -0.474. The van der Waals surface area contributed by atoms with Crippen LogP contribution in [0.3, 0.4) is 0 Å². The summed E-state index contributed by atoms with van der Waals surface area (Å²) in [6, 6.07) is 10.6. The number of ether oxygens (including phenoxy) is 2. The first-order valence-electron chi connectivity index (χ1n) is 6.81. The van der Waals surface area contributed by atoms with E-state index in [-0.39, 0.29) is 12.1 Å². The van der Waals surface area contributed by atoms with Crippen LogP contribution in [0.5, 0.6) is 0 Å². The van der Waals surface area contributed by atoms with Gasteiger partial charge in [-0.25, -0.2) is 0 Å². The number of hydrogen-bond donors (Lipinski definition) is 1. The van der Waals surface area contributed by atoms with Gasteiger partial charge < -0.3 is 14.8 Å². The van der Waals surface area contributed by atoms with E-state index in [9.17, 15) is 0 Å². The normalized spacial score (nSPS) is 23.2. The topological polar surface area (TPSA) is 30.5 Å². The van der Waals surface area contributed by atoms with Gasteiger partial charge in [-0.2, -0.15) is 0 Å². The minimum Gasteiger partial charge on any atom is -0.348 e. The molecule has 19 heavy (non-hydrogen) atoms. The molecule has 104 valence electrons. The van der Waals surface area contributed by atoms with E-state index in [2.05, 4.69) is 36.2 Å². The van der Waals surface area contributed by atoms with Crippen LogP contribution in [0.15, 0.2) is 43.0 Å². The zero-order valence-corrected chi connectivity index (χ0v) is 11.8. The van der Waals surface area contributed by atoms with Crippen LogP contribution in [0.2, 0.25) is 0 Å². The zero-order valence-electron chi connectivity index (χ0n) is 11.8. The van der Waals surface area contributed by atoms with Gasteiger partial charge in [-0.05, 0) is 25.8 Å². The van der Waals surface area contributed by atoms with Crippen molar-refractivity contribution < 1.29 is 9.47 Å². The molecule has 1 aromatic rings. The van der Waals surface area contributed by atoms with Crippen molar-refractivity contribution in [3.63, 3.8) is 0 Å². The molecule has 2 atom stereocenters. The molecule has 0 saturated carbocycles. The van der Waals surface area contributed by atoms with Crippen LogP contribution in [-0.4, -0.2) is 24.5 Å². The molecular formula is C16H23NO2. The van der Waals surface area contributed by atoms with E-state index in [1.807, 2.05) is 26.0 Å². The molecule has 1 saturated heterocycles. The molecule has 0 bridgehead atoms. The van der Waals surface area contributed by atoms with Crippen LogP contribution < -0.4 is 5.32 Å². The summed E-state index contributed by atoms with van der Waals surface area (Å²) in [6.45, 7) is 9.20. The lowest BCUT2D eigenvalue weighted by molar-refractivity contribution is -0.141. The largest absolute Gasteiger partial charge is 0.348 e. The van der Waals surface area contributed by atoms with Crippen molar-refractivity contribution in [2.45, 2.75) is 44.7 Å². The Kier molecular flexibility index (Phi) is 4.75. The van der Waals surface area contributed by atoms with E-state index in [0.717, 1.165) is 13.0 Å². The molecule has 2 rings (SSSR count). The Hall–Kier alpha value is -1.16. The third-order valence-corrected chi connectivity index (χ3v) is 3.31. The standard InChI is InChI=1S/C16H23NO2/c1-4-8-14(15-12-18-16(2,3)19-15)17-11-13-9-6-5-7-10-13/h4-7,9-10,14-15,17H,1,8,11-12H2,2-3H3/t14-,15+/m1/s1. The van der Waals surface area contributed by atoms with Crippen LogP contribution in [0.4, 0.5) is 0 Å². The van der Waals surface area contributed by atoms with E-state index in [4.69, 9.17) is 9.47 Å². The molecule has 1 fully saturated rings. The Bertz CT molecular complexity index is 402. The van der Waals surface area contributed by atoms with Crippen LogP contribution in [0.1, 0.15) is 25.8 Å². The van der Waals surface area contributed by atoms with Gasteiger partial charge in [-0.3, -0.25) is 0 Å². The first-order chi connectivity index (χ1) is 9.11. The van der Waals surface area contributed by atoms with Crippen molar-refractivity contribution in [1.82, 2.24) is 5.32 Å². The van der Waals surface area contributed by atoms with E-state index in [0.29, 0.717) is 6.61 Å². The van der Waals surface area contributed by atoms with E-state index < -0.39 is 5.79 Å². The molecule has 1 aromatic carbocycles. The van der Waals surface area contributed by atoms with Gasteiger partial charge in [0.15, 0.2) is 5.79 Å². The van der Waals surface area contributed by atoms with Crippen LogP contribution in [0.25, 0.3) is 0 Å². The first-order valence-corrected chi connectivity index (χ1v) is 6.81. The number of rotatable bonds is 6. The maximum atomic E-state index is 5.92. The molecule has 0 spiro atoms. The van der Waals surface area contributed by atoms with Gasteiger partial charge in [0, 0.05) is 12.6 Å². The van der Waals surface area contributed by atoms with Crippen molar-refractivity contribution >= 4 is 0 Å². The van der Waals surface area contributed by atoms with Gasteiger partial charge in [0.05, 0.1) is 12.7 Å². The lowest BCUT2D eigenvalue weighted by atomic mass is 10.1. The van der Waals surface area contributed by atoms with Crippen molar-refractivity contribution in [2.24, 2.45) is 0 Å². The number of nitrogens with one attached hydrogen (secondary N) is 1. The Morgan fingerprint density at radius 2 is 2.16 bits per heavy atom. The average Bonchev–Trinajstić information content (AvgIpc) is 2.76. The summed E-state index contributed by atoms with van der Waals surface area (Å²) in [7, 11) is 0. The Labute approximate surface area is 115 Å². The molecule has 0 unspecified atom stereocenters. The molecule has 3 nitrogen and oxygen atoms in total. The van der Waals surface area contributed by atoms with Gasteiger partial charge in [-0.15, -0.1) is 6.58 Å². The number of hydrogen-bond acceptors (Lipinski definition) is 3. The predicted molar refractivity (Wildman–Crippen MR) is 76.8 cm³/mol. The molecule has 0 aliphatic carbocycles. The summed E-state index contributed by atoms with van der Waals surface area (Å²) < 4.78 is 11.6. The van der Waals surface area contributed by atoms with Crippen molar-refractivity contribution in [3.05, 3.63) is 48.6 Å². The van der Waals surface area contributed by atoms with Crippen molar-refractivity contribution in [2.75, 3.05) is 6.61 Å². The second-order valence-corrected chi connectivity index (χ2v) is 5.36. The van der Waals surface area contributed by atoms with Gasteiger partial charge >= 0.3 is 0 Å². The highest BCUT2D eigenvalue weighted by Gasteiger charge is 2.36. The maximum Gasteiger partial charge on any atom is 0.163 e. The van der Waals surface area contributed by atoms with Gasteiger partial charge in [0.2, 0.25) is 0 Å². The quantitative estimate of drug-likeness (QED) is 0.799. The molecule has 0 radical (unpaired) electrons. The second-order valence-electron chi connectivity index (χ2n) is 5.36. The SMILES string of the molecule is C=CC[C@@H](NCc1ccccc1)[C@@H]1COC(C)(C)O1. The molecular weight excluding hydrogens is 238 g/mol. The van der Waals surface area contributed by atoms with E-state index in [1.54, 1.807) is 0 Å². The lowest BCUT2D eigenvalue weighted by Crippen LogP contribution is -2.41. The van der Waals surface area contributed by atoms with Crippen molar-refractivity contribution in [3.8, 4) is 0 Å². The highest BCUT2D eigenvalue weighted by atomic mass is 16.7. The maximum absolute atomic E-state index is 5.92. The second kappa shape index (κ2) is 6.33. The number of benzene rings is 1. The molecule has 3 heteroatoms. The highest BCUT2D eigenvalue weighted by Crippen LogP contribution is 2.25. The third kappa shape index (κ3) is 4.16. The van der Waals surface area contributed by atoms with Crippen LogP contribution >= 0.6 is 0 Å². The molecule has 0 amide bonds. The molecule has 1 heterocycles. The minimum atomic E-state index is -0.474. The summed E-state index contributed by atoms with van der Waals surface area (Å²) in [5, 5.41) is 3.54. The Morgan fingerprint density at radius 3 is 2.74 bits per heavy atom. The Balaban J connectivity index is 1.91. The zero-order chi connectivity index (χ0) is 13.7. The van der Waals surface area contributed by atoms with E-state index >= 15 is 0 Å². The summed E-state index contributed by atoms with van der Waals surface area (Å²) in [5.41, 5.74) is 1.27. The molecule has 1 aliphatic rings. The smallest absolute Gasteiger partial charge is 0.163 e. The summed E-state index contributed by atoms with van der Waals surface area (Å²) in [4.78, 5) is 0. The van der Waals surface area contributed by atoms with E-state index in [1.165, 1.54) is 5.56 Å². The van der Waals surface area contributed by atoms with Gasteiger partial charge in [-0.1, -0.05) is 36.4 Å². The lowest BCUT2D eigenvalue weighted by Gasteiger charge is -2.24. The minimum absolute atomic E-state index is 0.0803. The monoisotopic (exact) mass is 261 g/mol. The summed E-state index contributed by atoms with van der Waals surface area (Å²) in [6.07, 6.45) is 2.88. The summed E-state index contributed by atoms with van der Waals surface area (Å²) >= 11 is 0. The fourth-order valence-electron chi connectivity index (χ4n) is 2.30. The average molecular weight is 261 g/mol. The fraction of sp³-hybridized carbons (Fsp3) is 0.500. The van der Waals surface area contributed by atoms with Gasteiger partial charge in [0.25, 0.3) is 0 Å². The fourth-order valence-corrected chi connectivity index (χ4v) is 2.30. The molecule has 1 aliphatic heterocycles. The van der Waals surface area contributed by atoms with Gasteiger partial charge in [0.1, 0.15) is 0 Å². The van der Waals surface area contributed by atoms with Crippen LogP contribution in [0, 0.1) is 0 Å². The molecule has 1 N–H and O–H groups in total. The Morgan fingerprint density at radius 1 is 1.42 bits per heavy atom.